The Morgan fingerprint density at radius 2 is 1.41 bits per heavy atom. The van der Waals surface area contributed by atoms with Crippen LogP contribution in [0.4, 0.5) is 5.82 Å². The first-order valence-electron chi connectivity index (χ1n) is 9.55. The highest BCUT2D eigenvalue weighted by atomic mass is 35.5. The Balaban J connectivity index is 0.000000278. The van der Waals surface area contributed by atoms with E-state index >= 15 is 0 Å². The van der Waals surface area contributed by atoms with E-state index in [1.54, 1.807) is 0 Å². The van der Waals surface area contributed by atoms with E-state index in [2.05, 4.69) is 58.3 Å². The first-order valence-corrected chi connectivity index (χ1v) is 10.7. The van der Waals surface area contributed by atoms with Crippen LogP contribution in [-0.2, 0) is 0 Å². The number of carbonyl (C=O) groups is 2. The Kier molecular flexibility index (Phi) is 8.22. The Bertz CT molecular complexity index is 1000. The van der Waals surface area contributed by atoms with E-state index in [4.69, 9.17) is 46.3 Å². The van der Waals surface area contributed by atoms with Gasteiger partial charge in [-0.1, -0.05) is 11.6 Å². The van der Waals surface area contributed by atoms with Gasteiger partial charge in [-0.15, -0.1) is 0 Å². The van der Waals surface area contributed by atoms with Gasteiger partial charge in [0.05, 0.1) is 11.1 Å². The second kappa shape index (κ2) is 10.1. The maximum absolute atomic E-state index is 11.5. The molecule has 0 bridgehead atoms. The summed E-state index contributed by atoms with van der Waals surface area (Å²) in [6.45, 7) is 8.63. The van der Waals surface area contributed by atoms with E-state index < -0.39 is 11.8 Å². The molecule has 6 N–H and O–H groups in total. The monoisotopic (exact) mass is 502 g/mol. The van der Waals surface area contributed by atoms with Crippen LogP contribution in [0.1, 0.15) is 61.3 Å². The molecular weight excluding hydrogens is 479 g/mol. The lowest BCUT2D eigenvalue weighted by molar-refractivity contribution is 0.0991. The number of carbonyl (C=O) groups excluding carboxylic acids is 2. The SMILES string of the molecule is CC1(C)CC(Nc2nc(Cl)ncc2C(N)=O)CC(C)(C)N1.NC(=O)c1cnc(Cl)nc1Cl. The van der Waals surface area contributed by atoms with Gasteiger partial charge in [0.1, 0.15) is 11.0 Å². The highest BCUT2D eigenvalue weighted by Gasteiger charge is 2.38. The molecule has 0 aliphatic carbocycles. The number of piperidine rings is 1. The van der Waals surface area contributed by atoms with Crippen LogP contribution < -0.4 is 22.1 Å². The van der Waals surface area contributed by atoms with Gasteiger partial charge in [-0.25, -0.2) is 15.0 Å². The highest BCUT2D eigenvalue weighted by Crippen LogP contribution is 2.30. The van der Waals surface area contributed by atoms with Crippen molar-refractivity contribution in [2.45, 2.75) is 57.7 Å². The van der Waals surface area contributed by atoms with Crippen LogP contribution in [0.2, 0.25) is 15.7 Å². The molecule has 174 valence electrons. The van der Waals surface area contributed by atoms with E-state index in [9.17, 15) is 9.59 Å². The summed E-state index contributed by atoms with van der Waals surface area (Å²) in [6.07, 6.45) is 4.34. The van der Waals surface area contributed by atoms with Gasteiger partial charge in [0.2, 0.25) is 10.6 Å². The van der Waals surface area contributed by atoms with Crippen LogP contribution >= 0.6 is 34.8 Å². The molecule has 2 aromatic rings. The van der Waals surface area contributed by atoms with Crippen LogP contribution in [-0.4, -0.2) is 48.9 Å². The van der Waals surface area contributed by atoms with Gasteiger partial charge in [-0.05, 0) is 63.7 Å². The van der Waals surface area contributed by atoms with Gasteiger partial charge in [-0.3, -0.25) is 9.59 Å². The topological polar surface area (TPSA) is 162 Å². The average Bonchev–Trinajstić information content (AvgIpc) is 2.58. The molecule has 0 unspecified atom stereocenters. The summed E-state index contributed by atoms with van der Waals surface area (Å²) in [7, 11) is 0. The molecule has 2 amide bonds. The number of aromatic nitrogens is 4. The zero-order valence-electron chi connectivity index (χ0n) is 18.0. The third-order valence-corrected chi connectivity index (χ3v) is 5.19. The number of hydrogen-bond acceptors (Lipinski definition) is 8. The number of hydrogen-bond donors (Lipinski definition) is 4. The van der Waals surface area contributed by atoms with Gasteiger partial charge < -0.3 is 22.1 Å². The minimum Gasteiger partial charge on any atom is -0.366 e. The molecule has 0 aromatic carbocycles. The molecule has 1 fully saturated rings. The largest absolute Gasteiger partial charge is 0.366 e. The zero-order chi connectivity index (χ0) is 24.3. The van der Waals surface area contributed by atoms with Gasteiger partial charge in [0, 0.05) is 29.5 Å². The van der Waals surface area contributed by atoms with Crippen molar-refractivity contribution in [3.63, 3.8) is 0 Å². The minimum absolute atomic E-state index is 0.0108. The van der Waals surface area contributed by atoms with E-state index in [-0.39, 0.29) is 44.0 Å². The van der Waals surface area contributed by atoms with Gasteiger partial charge in [-0.2, -0.15) is 4.98 Å². The molecule has 3 rings (SSSR count). The standard InChI is InChI=1S/C14H22ClN5O.C5H3Cl2N3O/c1-13(2)5-8(6-14(3,4)20-13)18-11-9(10(16)21)7-17-12(15)19-11;6-3-2(4(8)11)1-9-5(7)10-3/h7-8,20H,5-6H2,1-4H3,(H2,16,21)(H,17,18,19);1H,(H2,8,11). The third kappa shape index (κ3) is 7.40. The number of amides is 2. The number of primary amides is 2. The summed E-state index contributed by atoms with van der Waals surface area (Å²) in [5, 5.41) is 6.96. The molecule has 0 saturated carbocycles. The molecule has 1 aliphatic rings. The number of nitrogens with one attached hydrogen (secondary N) is 2. The normalized spacial score (nSPS) is 17.1. The smallest absolute Gasteiger partial charge is 0.254 e. The van der Waals surface area contributed by atoms with Gasteiger partial charge >= 0.3 is 0 Å². The molecular formula is C19H25Cl3N8O2. The minimum atomic E-state index is -0.674. The summed E-state index contributed by atoms with van der Waals surface area (Å²) < 4.78 is 0. The predicted molar refractivity (Wildman–Crippen MR) is 124 cm³/mol. The van der Waals surface area contributed by atoms with Crippen LogP contribution in [0.5, 0.6) is 0 Å². The van der Waals surface area contributed by atoms with E-state index in [1.165, 1.54) is 12.4 Å². The Morgan fingerprint density at radius 3 is 1.88 bits per heavy atom. The van der Waals surface area contributed by atoms with Crippen molar-refractivity contribution >= 4 is 52.4 Å². The Labute approximate surface area is 200 Å². The fourth-order valence-electron chi connectivity index (χ4n) is 3.77. The zero-order valence-corrected chi connectivity index (χ0v) is 20.3. The van der Waals surface area contributed by atoms with Crippen molar-refractivity contribution in [1.29, 1.82) is 0 Å². The molecule has 0 atom stereocenters. The maximum atomic E-state index is 11.5. The highest BCUT2D eigenvalue weighted by molar-refractivity contribution is 6.34. The van der Waals surface area contributed by atoms with Gasteiger partial charge in [0.15, 0.2) is 0 Å². The van der Waals surface area contributed by atoms with Gasteiger partial charge in [0.25, 0.3) is 11.8 Å². The summed E-state index contributed by atoms with van der Waals surface area (Å²) in [4.78, 5) is 37.0. The molecule has 13 heteroatoms. The summed E-state index contributed by atoms with van der Waals surface area (Å²) in [5.74, 6) is -0.839. The van der Waals surface area contributed by atoms with E-state index in [1.807, 2.05) is 0 Å². The van der Waals surface area contributed by atoms with Crippen molar-refractivity contribution in [2.75, 3.05) is 5.32 Å². The van der Waals surface area contributed by atoms with Crippen molar-refractivity contribution in [2.24, 2.45) is 11.5 Å². The molecule has 1 aliphatic heterocycles. The number of nitrogens with two attached hydrogens (primary N) is 2. The lowest BCUT2D eigenvalue weighted by Gasteiger charge is -2.46. The quantitative estimate of drug-likeness (QED) is 0.365. The number of rotatable bonds is 4. The molecule has 0 spiro atoms. The molecule has 32 heavy (non-hydrogen) atoms. The summed E-state index contributed by atoms with van der Waals surface area (Å²) in [5.41, 5.74) is 10.6. The maximum Gasteiger partial charge on any atom is 0.254 e. The fourth-order valence-corrected chi connectivity index (χ4v) is 4.31. The lowest BCUT2D eigenvalue weighted by Crippen LogP contribution is -2.60. The fraction of sp³-hybridized carbons (Fsp3) is 0.474. The van der Waals surface area contributed by atoms with Crippen molar-refractivity contribution in [3.8, 4) is 0 Å². The first kappa shape index (κ1) is 26.0. The lowest BCUT2D eigenvalue weighted by atomic mass is 9.79. The number of anilines is 1. The van der Waals surface area contributed by atoms with Crippen molar-refractivity contribution < 1.29 is 9.59 Å². The van der Waals surface area contributed by atoms with Crippen LogP contribution in [0.15, 0.2) is 12.4 Å². The molecule has 3 heterocycles. The Morgan fingerprint density at radius 1 is 0.938 bits per heavy atom. The second-order valence-corrected chi connectivity index (χ2v) is 9.65. The molecule has 0 radical (unpaired) electrons. The van der Waals surface area contributed by atoms with E-state index in [0.29, 0.717) is 5.82 Å². The predicted octanol–water partition coefficient (Wildman–Crippen LogP) is 2.83. The number of halogens is 3. The van der Waals surface area contributed by atoms with Crippen LogP contribution in [0, 0.1) is 0 Å². The summed E-state index contributed by atoms with van der Waals surface area (Å²) >= 11 is 16.7. The molecule has 2 aromatic heterocycles. The van der Waals surface area contributed by atoms with E-state index in [0.717, 1.165) is 12.8 Å². The first-order chi connectivity index (χ1) is 14.7. The van der Waals surface area contributed by atoms with Crippen LogP contribution in [0.3, 0.4) is 0 Å². The third-order valence-electron chi connectivity index (χ3n) is 4.53. The molecule has 1 saturated heterocycles. The second-order valence-electron chi connectivity index (χ2n) is 8.62. The average molecular weight is 504 g/mol. The molecule has 10 nitrogen and oxygen atoms in total. The summed E-state index contributed by atoms with van der Waals surface area (Å²) in [6, 6.07) is 0.167. The van der Waals surface area contributed by atoms with Crippen molar-refractivity contribution in [3.05, 3.63) is 39.2 Å². The Hall–Kier alpha value is -2.27. The van der Waals surface area contributed by atoms with Crippen LogP contribution in [0.25, 0.3) is 0 Å². The van der Waals surface area contributed by atoms with Crippen molar-refractivity contribution in [1.82, 2.24) is 25.3 Å². The number of nitrogens with zero attached hydrogens (tertiary/aromatic N) is 4.